The molecule has 0 spiro atoms. The van der Waals surface area contributed by atoms with Gasteiger partial charge in [0.25, 0.3) is 0 Å². The first-order valence-electron chi connectivity index (χ1n) is 6.50. The normalized spacial score (nSPS) is 12.1. The van der Waals surface area contributed by atoms with Crippen LogP contribution in [0.3, 0.4) is 0 Å². The van der Waals surface area contributed by atoms with Crippen molar-refractivity contribution in [1.29, 1.82) is 0 Å². The first kappa shape index (κ1) is 14.5. The van der Waals surface area contributed by atoms with E-state index >= 15 is 0 Å². The van der Waals surface area contributed by atoms with E-state index in [4.69, 9.17) is 5.11 Å². The zero-order valence-corrected chi connectivity index (χ0v) is 12.3. The molecule has 1 unspecified atom stereocenters. The van der Waals surface area contributed by atoms with Gasteiger partial charge in [0, 0.05) is 17.3 Å². The minimum absolute atomic E-state index is 0.000946. The van der Waals surface area contributed by atoms with Crippen LogP contribution in [0.1, 0.15) is 47.4 Å². The molecule has 0 amide bonds. The van der Waals surface area contributed by atoms with E-state index in [2.05, 4.69) is 15.3 Å². The maximum Gasteiger partial charge on any atom is 0.335 e. The van der Waals surface area contributed by atoms with E-state index in [1.165, 1.54) is 0 Å². The van der Waals surface area contributed by atoms with Gasteiger partial charge in [-0.3, -0.25) is 0 Å². The molecule has 5 nitrogen and oxygen atoms in total. The molecule has 2 rings (SSSR count). The molecule has 0 aromatic carbocycles. The van der Waals surface area contributed by atoms with Crippen molar-refractivity contribution < 1.29 is 9.90 Å². The fourth-order valence-corrected chi connectivity index (χ4v) is 2.55. The van der Waals surface area contributed by atoms with Crippen molar-refractivity contribution in [2.45, 2.75) is 32.7 Å². The Morgan fingerprint density at radius 2 is 2.30 bits per heavy atom. The molecule has 2 heterocycles. The zero-order valence-electron chi connectivity index (χ0n) is 11.5. The summed E-state index contributed by atoms with van der Waals surface area (Å²) in [6.45, 7) is 4.02. The van der Waals surface area contributed by atoms with Gasteiger partial charge in [0.15, 0.2) is 0 Å². The van der Waals surface area contributed by atoms with Crippen LogP contribution in [0.5, 0.6) is 0 Å². The molecule has 0 saturated carbocycles. The number of anilines is 1. The summed E-state index contributed by atoms with van der Waals surface area (Å²) in [5.74, 6) is -0.356. The predicted molar refractivity (Wildman–Crippen MR) is 79.3 cm³/mol. The number of nitrogens with zero attached hydrogens (tertiary/aromatic N) is 2. The predicted octanol–water partition coefficient (Wildman–Crippen LogP) is 3.36. The SMILES string of the molecule is CCCc1cc(C(=O)O)cc(NC(C)c2nccs2)n1. The van der Waals surface area contributed by atoms with Crippen LogP contribution in [0.25, 0.3) is 0 Å². The number of hydrogen-bond donors (Lipinski definition) is 2. The van der Waals surface area contributed by atoms with Gasteiger partial charge in [-0.25, -0.2) is 14.8 Å². The number of carboxylic acids is 1. The highest BCUT2D eigenvalue weighted by Gasteiger charge is 2.12. The first-order chi connectivity index (χ1) is 9.60. The number of carboxylic acid groups (broad SMARTS) is 1. The second kappa shape index (κ2) is 6.47. The number of rotatable bonds is 6. The number of aryl methyl sites for hydroxylation is 1. The van der Waals surface area contributed by atoms with Crippen LogP contribution >= 0.6 is 11.3 Å². The average molecular weight is 291 g/mol. The Kier molecular flexibility index (Phi) is 4.68. The Bertz CT molecular complexity index is 584. The lowest BCUT2D eigenvalue weighted by Crippen LogP contribution is -2.10. The van der Waals surface area contributed by atoms with Crippen LogP contribution in [0.2, 0.25) is 0 Å². The second-order valence-corrected chi connectivity index (χ2v) is 5.45. The minimum Gasteiger partial charge on any atom is -0.478 e. The standard InChI is InChI=1S/C14H17N3O2S/c1-3-4-11-7-10(14(18)19)8-12(17-11)16-9(2)13-15-5-6-20-13/h5-9H,3-4H2,1-2H3,(H,16,17)(H,18,19). The van der Waals surface area contributed by atoms with Gasteiger partial charge >= 0.3 is 5.97 Å². The van der Waals surface area contributed by atoms with Gasteiger partial charge in [0.2, 0.25) is 0 Å². The molecular weight excluding hydrogens is 274 g/mol. The smallest absolute Gasteiger partial charge is 0.335 e. The van der Waals surface area contributed by atoms with Crippen molar-refractivity contribution in [3.05, 3.63) is 40.0 Å². The highest BCUT2D eigenvalue weighted by atomic mass is 32.1. The maximum atomic E-state index is 11.2. The molecule has 0 saturated heterocycles. The molecular formula is C14H17N3O2S. The van der Waals surface area contributed by atoms with Gasteiger partial charge in [-0.15, -0.1) is 11.3 Å². The summed E-state index contributed by atoms with van der Waals surface area (Å²) in [6.07, 6.45) is 3.45. The van der Waals surface area contributed by atoms with Crippen molar-refractivity contribution in [3.63, 3.8) is 0 Å². The summed E-state index contributed by atoms with van der Waals surface area (Å²) in [7, 11) is 0. The monoisotopic (exact) mass is 291 g/mol. The maximum absolute atomic E-state index is 11.2. The molecule has 20 heavy (non-hydrogen) atoms. The summed E-state index contributed by atoms with van der Waals surface area (Å²) in [5, 5.41) is 15.2. The topological polar surface area (TPSA) is 75.1 Å². The van der Waals surface area contributed by atoms with Crippen LogP contribution in [0.4, 0.5) is 5.82 Å². The quantitative estimate of drug-likeness (QED) is 0.853. The number of aromatic nitrogens is 2. The number of pyridine rings is 1. The third kappa shape index (κ3) is 3.54. The fourth-order valence-electron chi connectivity index (χ4n) is 1.90. The summed E-state index contributed by atoms with van der Waals surface area (Å²) in [4.78, 5) is 19.9. The van der Waals surface area contributed by atoms with Gasteiger partial charge in [0.1, 0.15) is 10.8 Å². The number of nitrogens with one attached hydrogen (secondary N) is 1. The highest BCUT2D eigenvalue weighted by molar-refractivity contribution is 7.09. The summed E-state index contributed by atoms with van der Waals surface area (Å²) in [6, 6.07) is 3.19. The van der Waals surface area contributed by atoms with E-state index in [1.54, 1.807) is 29.7 Å². The lowest BCUT2D eigenvalue weighted by molar-refractivity contribution is 0.0696. The van der Waals surface area contributed by atoms with Crippen LogP contribution in [-0.4, -0.2) is 21.0 Å². The molecule has 0 aliphatic carbocycles. The molecule has 2 aromatic heterocycles. The van der Waals surface area contributed by atoms with Crippen molar-refractivity contribution in [1.82, 2.24) is 9.97 Å². The van der Waals surface area contributed by atoms with E-state index < -0.39 is 5.97 Å². The number of aromatic carboxylic acids is 1. The number of hydrogen-bond acceptors (Lipinski definition) is 5. The van der Waals surface area contributed by atoms with Crippen LogP contribution in [0.15, 0.2) is 23.7 Å². The van der Waals surface area contributed by atoms with E-state index in [0.717, 1.165) is 23.5 Å². The summed E-state index contributed by atoms with van der Waals surface area (Å²) >= 11 is 1.56. The number of carbonyl (C=O) groups is 1. The van der Waals surface area contributed by atoms with Crippen molar-refractivity contribution >= 4 is 23.1 Å². The molecule has 2 N–H and O–H groups in total. The van der Waals surface area contributed by atoms with E-state index in [1.807, 2.05) is 19.2 Å². The molecule has 0 aliphatic heterocycles. The molecule has 2 aromatic rings. The molecule has 0 radical (unpaired) electrons. The third-order valence-electron chi connectivity index (χ3n) is 2.82. The molecule has 0 fully saturated rings. The van der Waals surface area contributed by atoms with Crippen LogP contribution in [-0.2, 0) is 6.42 Å². The summed E-state index contributed by atoms with van der Waals surface area (Å²) < 4.78 is 0. The molecule has 0 aliphatic rings. The zero-order chi connectivity index (χ0) is 14.5. The fraction of sp³-hybridized carbons (Fsp3) is 0.357. The Hall–Kier alpha value is -1.95. The van der Waals surface area contributed by atoms with Crippen LogP contribution in [0, 0.1) is 0 Å². The van der Waals surface area contributed by atoms with Crippen molar-refractivity contribution in [2.24, 2.45) is 0 Å². The minimum atomic E-state index is -0.935. The summed E-state index contributed by atoms with van der Waals surface area (Å²) in [5.41, 5.74) is 1.05. The molecule has 1 atom stereocenters. The van der Waals surface area contributed by atoms with Gasteiger partial charge in [-0.1, -0.05) is 13.3 Å². The van der Waals surface area contributed by atoms with Crippen molar-refractivity contribution in [2.75, 3.05) is 5.32 Å². The van der Waals surface area contributed by atoms with Gasteiger partial charge in [-0.2, -0.15) is 0 Å². The Morgan fingerprint density at radius 3 is 2.90 bits per heavy atom. The molecule has 106 valence electrons. The van der Waals surface area contributed by atoms with Gasteiger partial charge in [-0.05, 0) is 25.5 Å². The van der Waals surface area contributed by atoms with Crippen LogP contribution < -0.4 is 5.32 Å². The Morgan fingerprint density at radius 1 is 1.50 bits per heavy atom. The lowest BCUT2D eigenvalue weighted by Gasteiger charge is -2.13. The van der Waals surface area contributed by atoms with Gasteiger partial charge in [0.05, 0.1) is 11.6 Å². The largest absolute Gasteiger partial charge is 0.478 e. The first-order valence-corrected chi connectivity index (χ1v) is 7.38. The highest BCUT2D eigenvalue weighted by Crippen LogP contribution is 2.21. The van der Waals surface area contributed by atoms with E-state index in [-0.39, 0.29) is 11.6 Å². The molecule has 0 bridgehead atoms. The second-order valence-electron chi connectivity index (χ2n) is 4.52. The molecule has 6 heteroatoms. The lowest BCUT2D eigenvalue weighted by atomic mass is 10.1. The number of thiazole rings is 1. The van der Waals surface area contributed by atoms with E-state index in [9.17, 15) is 4.79 Å². The van der Waals surface area contributed by atoms with E-state index in [0.29, 0.717) is 5.82 Å². The Balaban J connectivity index is 2.23. The Labute approximate surface area is 121 Å². The van der Waals surface area contributed by atoms with Crippen molar-refractivity contribution in [3.8, 4) is 0 Å². The average Bonchev–Trinajstić information content (AvgIpc) is 2.92. The third-order valence-corrected chi connectivity index (χ3v) is 3.78. The van der Waals surface area contributed by atoms with Gasteiger partial charge < -0.3 is 10.4 Å².